The smallest absolute Gasteiger partial charge is 0.295 e. The van der Waals surface area contributed by atoms with Gasteiger partial charge in [0.15, 0.2) is 5.52 Å². The maximum atomic E-state index is 11.6. The van der Waals surface area contributed by atoms with Crippen molar-refractivity contribution in [2.24, 2.45) is 0 Å². The molecule has 2 aromatic rings. The number of carbonyl (C=O) groups is 1. The lowest BCUT2D eigenvalue weighted by molar-refractivity contribution is -0.383. The Morgan fingerprint density at radius 2 is 2.27 bits per heavy atom. The molecule has 0 radical (unpaired) electrons. The Morgan fingerprint density at radius 3 is 2.95 bits per heavy atom. The Bertz CT molecular complexity index is 780. The van der Waals surface area contributed by atoms with Gasteiger partial charge in [-0.15, -0.1) is 6.42 Å². The van der Waals surface area contributed by atoms with E-state index in [0.717, 1.165) is 0 Å². The number of carbonyl (C=O) groups excluding carboxylic acids is 1. The van der Waals surface area contributed by atoms with Crippen LogP contribution < -0.4 is 10.6 Å². The predicted molar refractivity (Wildman–Crippen MR) is 83.5 cm³/mol. The van der Waals surface area contributed by atoms with E-state index in [1.165, 1.54) is 6.07 Å². The Morgan fingerprint density at radius 1 is 1.50 bits per heavy atom. The Hall–Kier alpha value is -3.14. The normalized spacial score (nSPS) is 10.0. The SMILES string of the molecule is C#CCNC(=O)CNc1cc(C)nc2c([N+](=O)[O-])cccc12. The highest BCUT2D eigenvalue weighted by atomic mass is 16.6. The van der Waals surface area contributed by atoms with Gasteiger partial charge in [-0.05, 0) is 13.0 Å². The number of amides is 1. The molecule has 112 valence electrons. The summed E-state index contributed by atoms with van der Waals surface area (Å²) in [6.07, 6.45) is 5.07. The van der Waals surface area contributed by atoms with E-state index >= 15 is 0 Å². The summed E-state index contributed by atoms with van der Waals surface area (Å²) >= 11 is 0. The van der Waals surface area contributed by atoms with Gasteiger partial charge in [-0.25, -0.2) is 4.98 Å². The summed E-state index contributed by atoms with van der Waals surface area (Å²) < 4.78 is 0. The molecule has 1 heterocycles. The third-order valence-corrected chi connectivity index (χ3v) is 2.97. The van der Waals surface area contributed by atoms with Gasteiger partial charge >= 0.3 is 0 Å². The van der Waals surface area contributed by atoms with Crippen LogP contribution in [0.4, 0.5) is 11.4 Å². The third kappa shape index (κ3) is 3.30. The van der Waals surface area contributed by atoms with Crippen LogP contribution in [0.25, 0.3) is 10.9 Å². The molecular weight excluding hydrogens is 284 g/mol. The Kier molecular flexibility index (Phi) is 4.53. The van der Waals surface area contributed by atoms with Crippen molar-refractivity contribution >= 4 is 28.2 Å². The first kappa shape index (κ1) is 15.3. The van der Waals surface area contributed by atoms with Gasteiger partial charge in [-0.3, -0.25) is 14.9 Å². The zero-order valence-corrected chi connectivity index (χ0v) is 11.9. The average Bonchev–Trinajstić information content (AvgIpc) is 2.49. The van der Waals surface area contributed by atoms with Crippen LogP contribution in [0.3, 0.4) is 0 Å². The molecule has 0 aliphatic rings. The number of pyridine rings is 1. The van der Waals surface area contributed by atoms with Gasteiger partial charge < -0.3 is 10.6 Å². The van der Waals surface area contributed by atoms with E-state index in [-0.39, 0.29) is 24.7 Å². The zero-order chi connectivity index (χ0) is 16.1. The van der Waals surface area contributed by atoms with Crippen molar-refractivity contribution in [3.63, 3.8) is 0 Å². The number of nitrogens with zero attached hydrogens (tertiary/aromatic N) is 2. The van der Waals surface area contributed by atoms with Crippen molar-refractivity contribution in [2.75, 3.05) is 18.4 Å². The summed E-state index contributed by atoms with van der Waals surface area (Å²) in [5.74, 6) is 2.05. The molecule has 0 aliphatic carbocycles. The number of anilines is 1. The van der Waals surface area contributed by atoms with Crippen molar-refractivity contribution in [2.45, 2.75) is 6.92 Å². The molecule has 0 aliphatic heterocycles. The van der Waals surface area contributed by atoms with Crippen LogP contribution in [-0.4, -0.2) is 28.9 Å². The van der Waals surface area contributed by atoms with Gasteiger partial charge in [-0.1, -0.05) is 18.1 Å². The largest absolute Gasteiger partial charge is 0.376 e. The Labute approximate surface area is 126 Å². The number of fused-ring (bicyclic) bond motifs is 1. The summed E-state index contributed by atoms with van der Waals surface area (Å²) in [6.45, 7) is 1.91. The number of hydrogen-bond donors (Lipinski definition) is 2. The minimum atomic E-state index is -0.474. The maximum Gasteiger partial charge on any atom is 0.295 e. The van der Waals surface area contributed by atoms with Gasteiger partial charge in [0.1, 0.15) is 0 Å². The molecule has 2 N–H and O–H groups in total. The number of benzene rings is 1. The number of nitro groups is 1. The van der Waals surface area contributed by atoms with Gasteiger partial charge in [0.25, 0.3) is 5.69 Å². The molecule has 1 aromatic heterocycles. The third-order valence-electron chi connectivity index (χ3n) is 2.97. The van der Waals surface area contributed by atoms with Gasteiger partial charge in [0, 0.05) is 22.8 Å². The van der Waals surface area contributed by atoms with Crippen LogP contribution in [0.15, 0.2) is 24.3 Å². The number of aromatic nitrogens is 1. The quantitative estimate of drug-likeness (QED) is 0.496. The summed E-state index contributed by atoms with van der Waals surface area (Å²) in [5.41, 5.74) is 1.45. The number of rotatable bonds is 5. The standard InChI is InChI=1S/C15H14N4O3/c1-3-7-16-14(20)9-17-12-8-10(2)18-15-11(12)5-4-6-13(15)19(21)22/h1,4-6,8H,7,9H2,2H3,(H,16,20)(H,17,18). The second-order valence-electron chi connectivity index (χ2n) is 4.58. The first-order chi connectivity index (χ1) is 10.5. The molecule has 0 atom stereocenters. The second-order valence-corrected chi connectivity index (χ2v) is 4.58. The van der Waals surface area contributed by atoms with E-state index in [2.05, 4.69) is 21.5 Å². The van der Waals surface area contributed by atoms with Crippen LogP contribution >= 0.6 is 0 Å². The first-order valence-electron chi connectivity index (χ1n) is 6.51. The molecule has 0 fully saturated rings. The second kappa shape index (κ2) is 6.54. The number of terminal acetylenes is 1. The number of nitrogens with one attached hydrogen (secondary N) is 2. The molecule has 7 nitrogen and oxygen atoms in total. The van der Waals surface area contributed by atoms with Crippen molar-refractivity contribution in [1.82, 2.24) is 10.3 Å². The number of non-ortho nitro benzene ring substituents is 1. The summed E-state index contributed by atoms with van der Waals surface area (Å²) in [4.78, 5) is 26.4. The summed E-state index contributed by atoms with van der Waals surface area (Å²) in [6, 6.07) is 6.44. The van der Waals surface area contributed by atoms with E-state index in [0.29, 0.717) is 22.3 Å². The lowest BCUT2D eigenvalue weighted by atomic mass is 10.1. The highest BCUT2D eigenvalue weighted by Crippen LogP contribution is 2.29. The van der Waals surface area contributed by atoms with E-state index in [9.17, 15) is 14.9 Å². The topological polar surface area (TPSA) is 97.2 Å². The molecule has 0 spiro atoms. The minimum absolute atomic E-state index is 0.0168. The molecule has 0 saturated heterocycles. The van der Waals surface area contributed by atoms with Gasteiger partial charge in [0.2, 0.25) is 5.91 Å². The molecule has 1 aromatic carbocycles. The number of aryl methyl sites for hydroxylation is 1. The highest BCUT2D eigenvalue weighted by Gasteiger charge is 2.15. The number of hydrogen-bond acceptors (Lipinski definition) is 5. The molecule has 2 rings (SSSR count). The molecule has 1 amide bonds. The summed E-state index contributed by atoms with van der Waals surface area (Å²) in [7, 11) is 0. The average molecular weight is 298 g/mol. The monoisotopic (exact) mass is 298 g/mol. The molecule has 0 saturated carbocycles. The molecule has 7 heteroatoms. The maximum absolute atomic E-state index is 11.6. The fourth-order valence-corrected chi connectivity index (χ4v) is 2.04. The minimum Gasteiger partial charge on any atom is -0.376 e. The van der Waals surface area contributed by atoms with Crippen LogP contribution in [0, 0.1) is 29.4 Å². The van der Waals surface area contributed by atoms with Gasteiger partial charge in [0.05, 0.1) is 18.0 Å². The number of para-hydroxylation sites is 1. The highest BCUT2D eigenvalue weighted by molar-refractivity contribution is 5.97. The fourth-order valence-electron chi connectivity index (χ4n) is 2.04. The van der Waals surface area contributed by atoms with E-state index in [4.69, 9.17) is 6.42 Å². The van der Waals surface area contributed by atoms with Crippen molar-refractivity contribution in [1.29, 1.82) is 0 Å². The molecule has 0 unspecified atom stereocenters. The van der Waals surface area contributed by atoms with Crippen LogP contribution in [-0.2, 0) is 4.79 Å². The van der Waals surface area contributed by atoms with Crippen molar-refractivity contribution < 1.29 is 9.72 Å². The molecule has 22 heavy (non-hydrogen) atoms. The first-order valence-corrected chi connectivity index (χ1v) is 6.51. The lowest BCUT2D eigenvalue weighted by Crippen LogP contribution is -2.30. The lowest BCUT2D eigenvalue weighted by Gasteiger charge is -2.10. The van der Waals surface area contributed by atoms with E-state index in [1.807, 2.05) is 0 Å². The zero-order valence-electron chi connectivity index (χ0n) is 11.9. The summed E-state index contributed by atoms with van der Waals surface area (Å²) in [5, 5.41) is 17.2. The van der Waals surface area contributed by atoms with Crippen LogP contribution in [0.2, 0.25) is 0 Å². The molecule has 0 bridgehead atoms. The van der Waals surface area contributed by atoms with E-state index in [1.54, 1.807) is 25.1 Å². The van der Waals surface area contributed by atoms with Crippen LogP contribution in [0.5, 0.6) is 0 Å². The van der Waals surface area contributed by atoms with E-state index < -0.39 is 4.92 Å². The van der Waals surface area contributed by atoms with Crippen molar-refractivity contribution in [3.8, 4) is 12.3 Å². The molecular formula is C15H14N4O3. The van der Waals surface area contributed by atoms with Crippen LogP contribution in [0.1, 0.15) is 5.69 Å². The predicted octanol–water partition coefficient (Wildman–Crippen LogP) is 1.61. The fraction of sp³-hybridized carbons (Fsp3) is 0.200. The van der Waals surface area contributed by atoms with Crippen molar-refractivity contribution in [3.05, 3.63) is 40.1 Å². The van der Waals surface area contributed by atoms with Gasteiger partial charge in [-0.2, -0.15) is 0 Å². The Balaban J connectivity index is 2.34. The number of nitro benzene ring substituents is 1.